The molecule has 1 aliphatic rings. The van der Waals surface area contributed by atoms with Crippen LogP contribution in [0.3, 0.4) is 0 Å². The maximum atomic E-state index is 4.32. The van der Waals surface area contributed by atoms with Gasteiger partial charge in [0.05, 0.1) is 0 Å². The fourth-order valence-electron chi connectivity index (χ4n) is 2.28. The summed E-state index contributed by atoms with van der Waals surface area (Å²) in [6, 6.07) is 4.26. The summed E-state index contributed by atoms with van der Waals surface area (Å²) in [5.74, 6) is 0.975. The second-order valence-corrected chi connectivity index (χ2v) is 6.47. The van der Waals surface area contributed by atoms with Gasteiger partial charge >= 0.3 is 0 Å². The zero-order valence-electron chi connectivity index (χ0n) is 10.8. The van der Waals surface area contributed by atoms with Crippen molar-refractivity contribution in [2.45, 2.75) is 31.3 Å². The first kappa shape index (κ1) is 12.6. The van der Waals surface area contributed by atoms with Gasteiger partial charge in [-0.2, -0.15) is 11.8 Å². The van der Waals surface area contributed by atoms with Crippen LogP contribution in [0.1, 0.15) is 20.8 Å². The van der Waals surface area contributed by atoms with Crippen molar-refractivity contribution in [1.82, 2.24) is 4.98 Å². The molecule has 1 fully saturated rings. The third-order valence-corrected chi connectivity index (χ3v) is 4.11. The lowest BCUT2D eigenvalue weighted by Crippen LogP contribution is -2.40. The average Bonchev–Trinajstić information content (AvgIpc) is 2.28. The predicted octanol–water partition coefficient (Wildman–Crippen LogP) is 2.84. The Hall–Kier alpha value is -0.900. The van der Waals surface area contributed by atoms with Crippen LogP contribution in [0.25, 0.3) is 0 Å². The zero-order chi connectivity index (χ0) is 12.3. The molecule has 2 heterocycles. The summed E-state index contributed by atoms with van der Waals surface area (Å²) in [4.78, 5) is 6.79. The monoisotopic (exact) mass is 251 g/mol. The Balaban J connectivity index is 2.12. The van der Waals surface area contributed by atoms with E-state index in [-0.39, 0.29) is 0 Å². The maximum Gasteiger partial charge on any atom is 0.127 e. The summed E-state index contributed by atoms with van der Waals surface area (Å²) in [7, 11) is 0. The molecule has 2 atom stereocenters. The molecule has 1 saturated heterocycles. The number of thioether (sulfide) groups is 1. The predicted molar refractivity (Wildman–Crippen MR) is 77.1 cm³/mol. The first-order chi connectivity index (χ1) is 8.19. The number of nitrogens with zero attached hydrogens (tertiary/aromatic N) is 2. The Labute approximate surface area is 108 Å². The summed E-state index contributed by atoms with van der Waals surface area (Å²) < 4.78 is 0. The molecule has 0 radical (unpaired) electrons. The average molecular weight is 251 g/mol. The smallest absolute Gasteiger partial charge is 0.127 e. The molecular formula is C13H21N3S. The molecule has 17 heavy (non-hydrogen) atoms. The number of nitrogens with one attached hydrogen (secondary N) is 1. The Morgan fingerprint density at radius 1 is 1.41 bits per heavy atom. The third kappa shape index (κ3) is 3.28. The Kier molecular flexibility index (Phi) is 4.15. The van der Waals surface area contributed by atoms with Crippen molar-refractivity contribution in [3.8, 4) is 0 Å². The highest BCUT2D eigenvalue weighted by atomic mass is 32.2. The van der Waals surface area contributed by atoms with E-state index < -0.39 is 0 Å². The van der Waals surface area contributed by atoms with Gasteiger partial charge in [-0.15, -0.1) is 0 Å². The van der Waals surface area contributed by atoms with Gasteiger partial charge in [0.15, 0.2) is 0 Å². The first-order valence-corrected chi connectivity index (χ1v) is 7.23. The number of hydrogen-bond donors (Lipinski definition) is 1. The summed E-state index contributed by atoms with van der Waals surface area (Å²) in [5, 5.41) is 4.67. The van der Waals surface area contributed by atoms with Crippen LogP contribution in [0, 0.1) is 0 Å². The van der Waals surface area contributed by atoms with E-state index in [0.29, 0.717) is 10.5 Å². The number of rotatable bonds is 3. The fourth-order valence-corrected chi connectivity index (χ4v) is 3.61. The largest absolute Gasteiger partial charge is 0.370 e. The van der Waals surface area contributed by atoms with Crippen LogP contribution in [0.5, 0.6) is 0 Å². The highest BCUT2D eigenvalue weighted by Crippen LogP contribution is 2.29. The minimum Gasteiger partial charge on any atom is -0.370 e. The van der Waals surface area contributed by atoms with Gasteiger partial charge in [0, 0.05) is 48.1 Å². The van der Waals surface area contributed by atoms with Crippen molar-refractivity contribution < 1.29 is 0 Å². The molecule has 1 aliphatic heterocycles. The van der Waals surface area contributed by atoms with Gasteiger partial charge in [-0.1, -0.05) is 13.8 Å². The van der Waals surface area contributed by atoms with E-state index in [0.717, 1.165) is 25.5 Å². The van der Waals surface area contributed by atoms with Gasteiger partial charge < -0.3 is 10.2 Å². The molecule has 0 amide bonds. The lowest BCUT2D eigenvalue weighted by molar-refractivity contribution is 0.728. The van der Waals surface area contributed by atoms with Crippen LogP contribution < -0.4 is 10.2 Å². The van der Waals surface area contributed by atoms with Crippen LogP contribution in [0.4, 0.5) is 11.5 Å². The van der Waals surface area contributed by atoms with Crippen LogP contribution in [-0.4, -0.2) is 35.1 Å². The van der Waals surface area contributed by atoms with Gasteiger partial charge in [-0.25, -0.2) is 4.98 Å². The van der Waals surface area contributed by atoms with Crippen LogP contribution in [0.2, 0.25) is 0 Å². The standard InChI is InChI=1S/C13H21N3S/c1-4-14-13-7-12(5-6-15-13)16-8-10(2)17-11(3)9-16/h5-7,10-11H,4,8-9H2,1-3H3,(H,14,15). The van der Waals surface area contributed by atoms with Crippen molar-refractivity contribution in [2.75, 3.05) is 29.9 Å². The van der Waals surface area contributed by atoms with E-state index in [1.807, 2.05) is 6.20 Å². The van der Waals surface area contributed by atoms with Crippen molar-refractivity contribution in [3.63, 3.8) is 0 Å². The van der Waals surface area contributed by atoms with Crippen LogP contribution >= 0.6 is 11.8 Å². The van der Waals surface area contributed by atoms with E-state index in [2.05, 4.69) is 59.9 Å². The molecule has 1 aromatic heterocycles. The molecule has 2 rings (SSSR count). The number of pyridine rings is 1. The molecular weight excluding hydrogens is 230 g/mol. The number of anilines is 2. The summed E-state index contributed by atoms with van der Waals surface area (Å²) in [5.41, 5.74) is 1.29. The van der Waals surface area contributed by atoms with Crippen molar-refractivity contribution in [1.29, 1.82) is 0 Å². The normalized spacial score (nSPS) is 24.8. The first-order valence-electron chi connectivity index (χ1n) is 6.29. The molecule has 1 N–H and O–H groups in total. The van der Waals surface area contributed by atoms with Gasteiger partial charge in [0.25, 0.3) is 0 Å². The van der Waals surface area contributed by atoms with Crippen LogP contribution in [0.15, 0.2) is 18.3 Å². The number of hydrogen-bond acceptors (Lipinski definition) is 4. The zero-order valence-corrected chi connectivity index (χ0v) is 11.6. The minimum absolute atomic E-state index is 0.703. The van der Waals surface area contributed by atoms with Gasteiger partial charge in [0.1, 0.15) is 5.82 Å². The molecule has 0 aromatic carbocycles. The van der Waals surface area contributed by atoms with E-state index >= 15 is 0 Å². The Morgan fingerprint density at radius 2 is 2.12 bits per heavy atom. The molecule has 0 spiro atoms. The van der Waals surface area contributed by atoms with Gasteiger partial charge in [0.2, 0.25) is 0 Å². The lowest BCUT2D eigenvalue weighted by atomic mass is 10.2. The van der Waals surface area contributed by atoms with E-state index in [1.165, 1.54) is 5.69 Å². The summed E-state index contributed by atoms with van der Waals surface area (Å²) in [6.45, 7) is 9.88. The highest BCUT2D eigenvalue weighted by molar-refractivity contribution is 8.00. The Morgan fingerprint density at radius 3 is 2.76 bits per heavy atom. The molecule has 4 heteroatoms. The minimum atomic E-state index is 0.703. The van der Waals surface area contributed by atoms with Crippen molar-refractivity contribution >= 4 is 23.3 Å². The second-order valence-electron chi connectivity index (χ2n) is 4.59. The van der Waals surface area contributed by atoms with Gasteiger partial charge in [-0.05, 0) is 13.0 Å². The van der Waals surface area contributed by atoms with Gasteiger partial charge in [-0.3, -0.25) is 0 Å². The maximum absolute atomic E-state index is 4.32. The second kappa shape index (κ2) is 5.63. The lowest BCUT2D eigenvalue weighted by Gasteiger charge is -2.36. The molecule has 0 bridgehead atoms. The SMILES string of the molecule is CCNc1cc(N2CC(C)SC(C)C2)ccn1. The van der Waals surface area contributed by atoms with E-state index in [9.17, 15) is 0 Å². The third-order valence-electron chi connectivity index (χ3n) is 2.89. The van der Waals surface area contributed by atoms with E-state index in [1.54, 1.807) is 0 Å². The molecule has 1 aromatic rings. The fraction of sp³-hybridized carbons (Fsp3) is 0.615. The summed E-state index contributed by atoms with van der Waals surface area (Å²) in [6.07, 6.45) is 1.89. The van der Waals surface area contributed by atoms with E-state index in [4.69, 9.17) is 0 Å². The molecule has 94 valence electrons. The molecule has 3 nitrogen and oxygen atoms in total. The van der Waals surface area contributed by atoms with Crippen molar-refractivity contribution in [2.24, 2.45) is 0 Å². The van der Waals surface area contributed by atoms with Crippen LogP contribution in [-0.2, 0) is 0 Å². The quantitative estimate of drug-likeness (QED) is 0.894. The highest BCUT2D eigenvalue weighted by Gasteiger charge is 2.22. The van der Waals surface area contributed by atoms with Crippen molar-refractivity contribution in [3.05, 3.63) is 18.3 Å². The summed E-state index contributed by atoms with van der Waals surface area (Å²) >= 11 is 2.08. The topological polar surface area (TPSA) is 28.2 Å². The molecule has 2 unspecified atom stereocenters. The Bertz CT molecular complexity index is 359. The molecule has 0 aliphatic carbocycles. The molecule has 0 saturated carbocycles. The number of aromatic nitrogens is 1.